The van der Waals surface area contributed by atoms with Crippen LogP contribution in [-0.2, 0) is 16.8 Å². The van der Waals surface area contributed by atoms with Gasteiger partial charge in [0.15, 0.2) is 5.69 Å². The zero-order valence-electron chi connectivity index (χ0n) is 17.6. The maximum absolute atomic E-state index is 13.0. The van der Waals surface area contributed by atoms with Crippen molar-refractivity contribution in [1.29, 1.82) is 5.26 Å². The molecule has 0 radical (unpaired) electrons. The van der Waals surface area contributed by atoms with Crippen LogP contribution in [0.25, 0.3) is 11.6 Å². The van der Waals surface area contributed by atoms with Gasteiger partial charge in [-0.3, -0.25) is 9.48 Å². The van der Waals surface area contributed by atoms with E-state index in [9.17, 15) is 10.1 Å². The van der Waals surface area contributed by atoms with E-state index in [1.54, 1.807) is 29.7 Å². The Labute approximate surface area is 195 Å². The van der Waals surface area contributed by atoms with Gasteiger partial charge in [-0.1, -0.05) is 29.3 Å². The highest BCUT2D eigenvalue weighted by atomic mass is 35.5. The predicted molar refractivity (Wildman–Crippen MR) is 119 cm³/mol. The number of amides is 1. The molecule has 8 nitrogen and oxygen atoms in total. The zero-order chi connectivity index (χ0) is 22.9. The number of ether oxygens (including phenoxy) is 1. The number of halogens is 2. The number of rotatable bonds is 5. The molecule has 0 N–H and O–H groups in total. The Kier molecular flexibility index (Phi) is 6.13. The molecule has 2 aromatic heterocycles. The van der Waals surface area contributed by atoms with Gasteiger partial charge in [-0.15, -0.1) is 0 Å². The van der Waals surface area contributed by atoms with E-state index in [0.29, 0.717) is 59.0 Å². The van der Waals surface area contributed by atoms with E-state index in [1.165, 1.54) is 12.5 Å². The first-order valence-corrected chi connectivity index (χ1v) is 10.8. The molecule has 32 heavy (non-hydrogen) atoms. The molecule has 0 atom stereocenters. The molecule has 1 amide bonds. The summed E-state index contributed by atoms with van der Waals surface area (Å²) in [6, 6.07) is 7.86. The van der Waals surface area contributed by atoms with Gasteiger partial charge in [0.1, 0.15) is 18.6 Å². The summed E-state index contributed by atoms with van der Waals surface area (Å²) in [6.07, 6.45) is 3.98. The molecule has 166 valence electrons. The van der Waals surface area contributed by atoms with E-state index in [-0.39, 0.29) is 12.5 Å². The molecule has 1 fully saturated rings. The summed E-state index contributed by atoms with van der Waals surface area (Å²) < 4.78 is 12.1. The molecule has 3 heterocycles. The Bertz CT molecular complexity index is 1180. The third kappa shape index (κ3) is 3.94. The Hall–Kier alpha value is -3.02. The van der Waals surface area contributed by atoms with Gasteiger partial charge in [0.05, 0.1) is 40.5 Å². The van der Waals surface area contributed by atoms with Crippen molar-refractivity contribution < 1.29 is 13.9 Å². The summed E-state index contributed by atoms with van der Waals surface area (Å²) in [5.41, 5.74) is 1.21. The summed E-state index contributed by atoms with van der Waals surface area (Å²) in [5.74, 6) is 0.746. The molecule has 0 spiro atoms. The van der Waals surface area contributed by atoms with Crippen LogP contribution in [-0.4, -0.2) is 45.8 Å². The highest BCUT2D eigenvalue weighted by Gasteiger charge is 2.38. The topological polar surface area (TPSA) is 97.2 Å². The van der Waals surface area contributed by atoms with Gasteiger partial charge in [0.25, 0.3) is 0 Å². The molecule has 0 saturated carbocycles. The largest absolute Gasteiger partial charge is 0.495 e. The molecular weight excluding hydrogens is 453 g/mol. The lowest BCUT2D eigenvalue weighted by Crippen LogP contribution is -2.45. The molecule has 0 unspecified atom stereocenters. The van der Waals surface area contributed by atoms with Crippen LogP contribution in [0.3, 0.4) is 0 Å². The second-order valence-electron chi connectivity index (χ2n) is 7.67. The highest BCUT2D eigenvalue weighted by Crippen LogP contribution is 2.38. The number of carbonyl (C=O) groups excluding carboxylic acids is 1. The molecule has 3 aromatic rings. The van der Waals surface area contributed by atoms with Crippen molar-refractivity contribution in [3.8, 4) is 23.4 Å². The van der Waals surface area contributed by atoms with Gasteiger partial charge in [-0.05, 0) is 37.5 Å². The lowest BCUT2D eigenvalue weighted by molar-refractivity contribution is -0.133. The first-order valence-electron chi connectivity index (χ1n) is 10.0. The van der Waals surface area contributed by atoms with Crippen LogP contribution in [0, 0.1) is 18.3 Å². The summed E-state index contributed by atoms with van der Waals surface area (Å²) in [5, 5.41) is 15.3. The Morgan fingerprint density at radius 2 is 2.09 bits per heavy atom. The maximum atomic E-state index is 13.0. The number of methoxy groups -OCH3 is 1. The van der Waals surface area contributed by atoms with Crippen LogP contribution in [0.15, 0.2) is 35.1 Å². The molecule has 1 aromatic carbocycles. The fraction of sp³-hybridized carbons (Fsp3) is 0.364. The predicted octanol–water partition coefficient (Wildman–Crippen LogP) is 4.25. The highest BCUT2D eigenvalue weighted by molar-refractivity contribution is 6.33. The van der Waals surface area contributed by atoms with E-state index >= 15 is 0 Å². The summed E-state index contributed by atoms with van der Waals surface area (Å²) in [7, 11) is 1.54. The number of carbonyl (C=O) groups is 1. The summed E-state index contributed by atoms with van der Waals surface area (Å²) in [4.78, 5) is 18.8. The van der Waals surface area contributed by atoms with Crippen molar-refractivity contribution >= 4 is 29.1 Å². The van der Waals surface area contributed by atoms with Crippen LogP contribution in [0.5, 0.6) is 5.75 Å². The van der Waals surface area contributed by atoms with E-state index in [2.05, 4.69) is 16.2 Å². The van der Waals surface area contributed by atoms with Gasteiger partial charge in [-0.2, -0.15) is 10.4 Å². The molecule has 10 heteroatoms. The molecular formula is C22H21Cl2N5O3. The summed E-state index contributed by atoms with van der Waals surface area (Å²) >= 11 is 12.5. The molecule has 1 aliphatic rings. The third-order valence-electron chi connectivity index (χ3n) is 5.94. The van der Waals surface area contributed by atoms with E-state index in [1.807, 2.05) is 12.1 Å². The normalized spacial score (nSPS) is 15.4. The number of hydrogen-bond acceptors (Lipinski definition) is 6. The minimum Gasteiger partial charge on any atom is -0.495 e. The second-order valence-corrected chi connectivity index (χ2v) is 8.45. The molecule has 0 bridgehead atoms. The van der Waals surface area contributed by atoms with Gasteiger partial charge >= 0.3 is 0 Å². The Morgan fingerprint density at radius 3 is 2.72 bits per heavy atom. The van der Waals surface area contributed by atoms with E-state index in [0.717, 1.165) is 5.56 Å². The zero-order valence-corrected chi connectivity index (χ0v) is 19.2. The average Bonchev–Trinajstić information content (AvgIpc) is 3.44. The standard InChI is InChI=1S/C22H21Cl2N5O3/c1-14-19(24)20(21-26-7-10-32-21)27-29(14)12-18(30)28-8-5-22(13-25,6-9-28)15-3-4-16(23)17(11-15)31-2/h3-4,7,10-11H,5-6,8-9,12H2,1-2H3. The Morgan fingerprint density at radius 1 is 1.34 bits per heavy atom. The SMILES string of the molecule is COc1cc(C2(C#N)CCN(C(=O)Cn3nc(-c4ncco4)c(Cl)c3C)CC2)ccc1Cl. The number of benzene rings is 1. The van der Waals surface area contributed by atoms with Crippen molar-refractivity contribution in [2.45, 2.75) is 31.7 Å². The number of oxazole rings is 1. The van der Waals surface area contributed by atoms with Crippen LogP contribution in [0.2, 0.25) is 10.0 Å². The van der Waals surface area contributed by atoms with Crippen molar-refractivity contribution in [2.75, 3.05) is 20.2 Å². The van der Waals surface area contributed by atoms with Crippen LogP contribution < -0.4 is 4.74 Å². The lowest BCUT2D eigenvalue weighted by Gasteiger charge is -2.37. The number of nitriles is 1. The molecule has 4 rings (SSSR count). The van der Waals surface area contributed by atoms with Crippen molar-refractivity contribution in [1.82, 2.24) is 19.7 Å². The quantitative estimate of drug-likeness (QED) is 0.549. The number of likely N-dealkylation sites (tertiary alicyclic amines) is 1. The number of aromatic nitrogens is 3. The van der Waals surface area contributed by atoms with Gasteiger partial charge < -0.3 is 14.1 Å². The fourth-order valence-corrected chi connectivity index (χ4v) is 4.35. The van der Waals surface area contributed by atoms with Crippen molar-refractivity contribution in [2.24, 2.45) is 0 Å². The number of piperidine rings is 1. The summed E-state index contributed by atoms with van der Waals surface area (Å²) in [6.45, 7) is 2.75. The van der Waals surface area contributed by atoms with Crippen LogP contribution in [0.1, 0.15) is 24.1 Å². The van der Waals surface area contributed by atoms with Gasteiger partial charge in [0, 0.05) is 13.1 Å². The van der Waals surface area contributed by atoms with Gasteiger partial charge in [0.2, 0.25) is 11.8 Å². The third-order valence-corrected chi connectivity index (χ3v) is 6.71. The molecule has 0 aliphatic carbocycles. The van der Waals surface area contributed by atoms with Crippen molar-refractivity contribution in [3.05, 3.63) is 52.0 Å². The monoisotopic (exact) mass is 473 g/mol. The molecule has 1 saturated heterocycles. The lowest BCUT2D eigenvalue weighted by atomic mass is 9.74. The smallest absolute Gasteiger partial charge is 0.248 e. The number of hydrogen-bond donors (Lipinski definition) is 0. The van der Waals surface area contributed by atoms with Crippen LogP contribution >= 0.6 is 23.2 Å². The fourth-order valence-electron chi connectivity index (χ4n) is 3.94. The minimum atomic E-state index is -0.697. The first kappa shape index (κ1) is 22.2. The minimum absolute atomic E-state index is 0.0422. The average molecular weight is 474 g/mol. The Balaban J connectivity index is 1.47. The first-order chi connectivity index (χ1) is 15.4. The second kappa shape index (κ2) is 8.85. The van der Waals surface area contributed by atoms with E-state index in [4.69, 9.17) is 32.4 Å². The molecule has 1 aliphatic heterocycles. The van der Waals surface area contributed by atoms with Crippen molar-refractivity contribution in [3.63, 3.8) is 0 Å². The van der Waals surface area contributed by atoms with Crippen LogP contribution in [0.4, 0.5) is 0 Å². The van der Waals surface area contributed by atoms with Gasteiger partial charge in [-0.25, -0.2) is 4.98 Å². The van der Waals surface area contributed by atoms with E-state index < -0.39 is 5.41 Å². The number of nitrogens with zero attached hydrogens (tertiary/aromatic N) is 5. The maximum Gasteiger partial charge on any atom is 0.248 e.